The number of carboxylic acids is 1. The molecule has 50 heavy (non-hydrogen) atoms. The van der Waals surface area contributed by atoms with E-state index in [1.807, 2.05) is 26.0 Å². The third-order valence-electron chi connectivity index (χ3n) is 8.08. The molecule has 1 aromatic heterocycles. The van der Waals surface area contributed by atoms with E-state index < -0.39 is 55.6 Å². The standard InChI is InChI=1S/C33H35F2N5O5S.C2H4O2/c1-17(2)46(43,44)30-22-12-24(14-27(30)35)39-33(42)45-16-19(4)25-7-6-21(10-18(25)3)29(32(41)40(5)15-22)38-23-11-20-8-9-37-31(36)28(20)26(34)13-23;1-2(3)4/h6-14,17,19,29,38H,15-16H2,1-5H3,(H2,36,37)(H,39,42);1H3,(H,3,4)/t19-,29+;/m0./s1. The van der Waals surface area contributed by atoms with E-state index in [4.69, 9.17) is 20.4 Å². The number of carbonyl (C=O) groups is 3. The number of aryl methyl sites for hydroxylation is 1. The molecule has 0 aliphatic carbocycles. The van der Waals surface area contributed by atoms with Gasteiger partial charge in [-0.1, -0.05) is 25.1 Å². The molecule has 0 saturated carbocycles. The fourth-order valence-electron chi connectivity index (χ4n) is 5.65. The van der Waals surface area contributed by atoms with Gasteiger partial charge < -0.3 is 25.8 Å². The Balaban J connectivity index is 0.00000133. The fraction of sp³-hybridized carbons (Fsp3) is 0.314. The van der Waals surface area contributed by atoms with Crippen LogP contribution in [0.15, 0.2) is 59.6 Å². The number of hydrogen-bond acceptors (Lipinski definition) is 9. The molecular weight excluding hydrogens is 672 g/mol. The number of nitrogens with two attached hydrogens (primary N) is 1. The molecule has 12 nitrogen and oxygen atoms in total. The topological polar surface area (TPSA) is 181 Å². The van der Waals surface area contributed by atoms with E-state index in [-0.39, 0.29) is 41.5 Å². The Labute approximate surface area is 288 Å². The van der Waals surface area contributed by atoms with Gasteiger partial charge in [0.15, 0.2) is 9.84 Å². The monoisotopic (exact) mass is 711 g/mol. The van der Waals surface area contributed by atoms with Crippen LogP contribution in [0.4, 0.5) is 30.8 Å². The first-order valence-electron chi connectivity index (χ1n) is 15.6. The molecule has 0 spiro atoms. The molecule has 0 saturated heterocycles. The maximum Gasteiger partial charge on any atom is 0.411 e. The van der Waals surface area contributed by atoms with Crippen LogP contribution in [0, 0.1) is 18.6 Å². The van der Waals surface area contributed by atoms with Crippen LogP contribution in [0.1, 0.15) is 61.9 Å². The zero-order chi connectivity index (χ0) is 37.1. The number of likely N-dealkylation sites (N-methyl/N-ethyl adjacent to an activating group) is 1. The van der Waals surface area contributed by atoms with E-state index in [0.29, 0.717) is 16.6 Å². The van der Waals surface area contributed by atoms with Crippen LogP contribution in [-0.4, -0.2) is 60.3 Å². The van der Waals surface area contributed by atoms with Crippen molar-refractivity contribution in [3.63, 3.8) is 0 Å². The largest absolute Gasteiger partial charge is 0.481 e. The molecule has 2 aliphatic heterocycles. The summed E-state index contributed by atoms with van der Waals surface area (Å²) in [5.74, 6) is -3.25. The van der Waals surface area contributed by atoms with Gasteiger partial charge in [0.25, 0.3) is 5.97 Å². The number of fused-ring (bicyclic) bond motifs is 10. The number of benzene rings is 3. The minimum absolute atomic E-state index is 0.00112. The van der Waals surface area contributed by atoms with E-state index in [0.717, 1.165) is 24.1 Å². The maximum absolute atomic E-state index is 15.6. The number of sulfone groups is 1. The molecule has 3 aromatic carbocycles. The lowest BCUT2D eigenvalue weighted by Gasteiger charge is -2.28. The number of anilines is 3. The van der Waals surface area contributed by atoms with Crippen LogP contribution < -0.4 is 16.4 Å². The van der Waals surface area contributed by atoms with Crippen molar-refractivity contribution in [3.8, 4) is 0 Å². The zero-order valence-electron chi connectivity index (χ0n) is 28.4. The smallest absolute Gasteiger partial charge is 0.411 e. The highest BCUT2D eigenvalue weighted by Gasteiger charge is 2.31. The molecule has 4 aromatic rings. The molecule has 4 bridgehead atoms. The first-order chi connectivity index (χ1) is 23.4. The summed E-state index contributed by atoms with van der Waals surface area (Å²) in [4.78, 5) is 40.5. The number of halogens is 2. The highest BCUT2D eigenvalue weighted by atomic mass is 32.2. The number of carbonyl (C=O) groups excluding carboxylic acids is 2. The summed E-state index contributed by atoms with van der Waals surface area (Å²) in [6.07, 6.45) is 0.615. The van der Waals surface area contributed by atoms with Crippen LogP contribution in [-0.2, 0) is 30.7 Å². The van der Waals surface area contributed by atoms with Crippen LogP contribution in [0.3, 0.4) is 0 Å². The van der Waals surface area contributed by atoms with E-state index in [9.17, 15) is 18.0 Å². The van der Waals surface area contributed by atoms with Gasteiger partial charge in [0, 0.05) is 44.0 Å². The van der Waals surface area contributed by atoms with Crippen molar-refractivity contribution in [2.75, 3.05) is 30.0 Å². The van der Waals surface area contributed by atoms with E-state index in [2.05, 4.69) is 15.6 Å². The number of ether oxygens (including phenoxy) is 1. The summed E-state index contributed by atoms with van der Waals surface area (Å²) in [6.45, 7) is 7.34. The Bertz CT molecular complexity index is 2070. The Morgan fingerprint density at radius 3 is 2.44 bits per heavy atom. The predicted molar refractivity (Wildman–Crippen MR) is 186 cm³/mol. The number of rotatable bonds is 4. The maximum atomic E-state index is 15.6. The van der Waals surface area contributed by atoms with Gasteiger partial charge in [-0.3, -0.25) is 14.9 Å². The Hall–Kier alpha value is -5.31. The van der Waals surface area contributed by atoms with Gasteiger partial charge in [0.1, 0.15) is 28.4 Å². The van der Waals surface area contributed by atoms with Crippen molar-refractivity contribution in [2.45, 2.75) is 63.3 Å². The average molecular weight is 712 g/mol. The zero-order valence-corrected chi connectivity index (χ0v) is 29.2. The lowest BCUT2D eigenvalue weighted by molar-refractivity contribution is -0.134. The van der Waals surface area contributed by atoms with Crippen molar-refractivity contribution >= 4 is 55.8 Å². The van der Waals surface area contributed by atoms with Gasteiger partial charge in [0.05, 0.1) is 17.2 Å². The number of aromatic nitrogens is 1. The number of nitrogen functional groups attached to an aromatic ring is 1. The van der Waals surface area contributed by atoms with Crippen LogP contribution in [0.5, 0.6) is 0 Å². The third kappa shape index (κ3) is 8.28. The summed E-state index contributed by atoms with van der Waals surface area (Å²) in [5.41, 5.74) is 8.36. The van der Waals surface area contributed by atoms with Crippen molar-refractivity contribution < 1.29 is 41.4 Å². The molecular formula is C35H39F2N5O7S. The summed E-state index contributed by atoms with van der Waals surface area (Å²) in [7, 11) is -2.70. The number of nitrogens with zero attached hydrogens (tertiary/aromatic N) is 2. The minimum Gasteiger partial charge on any atom is -0.481 e. The first kappa shape index (κ1) is 37.5. The van der Waals surface area contributed by atoms with Gasteiger partial charge >= 0.3 is 6.09 Å². The van der Waals surface area contributed by atoms with Crippen LogP contribution in [0.25, 0.3) is 10.8 Å². The highest BCUT2D eigenvalue weighted by Crippen LogP contribution is 2.33. The van der Waals surface area contributed by atoms with E-state index in [1.165, 1.54) is 44.1 Å². The second kappa shape index (κ2) is 15.1. The summed E-state index contributed by atoms with van der Waals surface area (Å²) in [5, 5.41) is 12.7. The minimum atomic E-state index is -4.15. The number of nitrogens with one attached hydrogen (secondary N) is 2. The van der Waals surface area contributed by atoms with E-state index >= 15 is 8.78 Å². The lowest BCUT2D eigenvalue weighted by atomic mass is 9.93. The quantitative estimate of drug-likeness (QED) is 0.192. The van der Waals surface area contributed by atoms with Gasteiger partial charge in [-0.05, 0) is 78.7 Å². The lowest BCUT2D eigenvalue weighted by Crippen LogP contribution is -2.35. The number of hydrogen-bond donors (Lipinski definition) is 4. The highest BCUT2D eigenvalue weighted by molar-refractivity contribution is 7.92. The Morgan fingerprint density at radius 1 is 1.12 bits per heavy atom. The fourth-order valence-corrected chi connectivity index (χ4v) is 6.94. The van der Waals surface area contributed by atoms with Gasteiger partial charge in [-0.2, -0.15) is 0 Å². The summed E-state index contributed by atoms with van der Waals surface area (Å²) in [6, 6.07) is 11.0. The van der Waals surface area contributed by atoms with Crippen molar-refractivity contribution in [1.29, 1.82) is 0 Å². The summed E-state index contributed by atoms with van der Waals surface area (Å²) >= 11 is 0. The van der Waals surface area contributed by atoms with Gasteiger partial charge in [0.2, 0.25) is 5.91 Å². The molecule has 0 unspecified atom stereocenters. The summed E-state index contributed by atoms with van der Waals surface area (Å²) < 4.78 is 62.8. The molecule has 0 fully saturated rings. The molecule has 3 heterocycles. The van der Waals surface area contributed by atoms with Crippen molar-refractivity contribution in [1.82, 2.24) is 9.88 Å². The number of amides is 2. The average Bonchev–Trinajstić information content (AvgIpc) is 3.01. The predicted octanol–water partition coefficient (Wildman–Crippen LogP) is 6.15. The first-order valence-corrected chi connectivity index (χ1v) is 17.1. The number of pyridine rings is 1. The van der Waals surface area contributed by atoms with E-state index in [1.54, 1.807) is 18.2 Å². The second-order valence-corrected chi connectivity index (χ2v) is 14.8. The second-order valence-electron chi connectivity index (χ2n) is 12.3. The third-order valence-corrected chi connectivity index (χ3v) is 10.3. The van der Waals surface area contributed by atoms with Crippen LogP contribution in [0.2, 0.25) is 0 Å². The normalized spacial score (nSPS) is 16.8. The molecule has 0 radical (unpaired) electrons. The Kier molecular flexibility index (Phi) is 11.3. The molecule has 15 heteroatoms. The molecule has 5 N–H and O–H groups in total. The number of carboxylic acid groups (broad SMARTS) is 1. The SMILES string of the molecule is CC(=O)O.Cc1cc2ccc1[C@@H](C)COC(=O)Nc1cc(F)c(S(=O)(=O)C(C)C)c(c1)CN(C)C(=O)[C@@H]2Nc1cc(F)c2c(N)nccc2c1. The van der Waals surface area contributed by atoms with Gasteiger partial charge in [-0.25, -0.2) is 27.0 Å². The molecule has 2 amide bonds. The Morgan fingerprint density at radius 2 is 1.80 bits per heavy atom. The van der Waals surface area contributed by atoms with Crippen molar-refractivity contribution in [2.24, 2.45) is 0 Å². The molecule has 6 rings (SSSR count). The number of aliphatic carboxylic acids is 1. The molecule has 2 atom stereocenters. The van der Waals surface area contributed by atoms with Gasteiger partial charge in [-0.15, -0.1) is 0 Å². The molecule has 266 valence electrons. The van der Waals surface area contributed by atoms with Crippen LogP contribution >= 0.6 is 0 Å². The molecule has 2 aliphatic rings. The van der Waals surface area contributed by atoms with Crippen molar-refractivity contribution in [3.05, 3.63) is 88.6 Å².